The molecule has 0 fully saturated rings. The molecule has 2 heteroatoms. The molecule has 1 aliphatic carbocycles. The van der Waals surface area contributed by atoms with Gasteiger partial charge in [-0.2, -0.15) is 0 Å². The SMILES string of the molecule is Cc1ccc(N(C2=CCC(C)C=C2)c2cc3c4ccccc4c(N(c4ccccc4)c4ccc(C)cc4)cc3c3ccccc23)cc1. The van der Waals surface area contributed by atoms with Gasteiger partial charge in [-0.1, -0.05) is 121 Å². The Morgan fingerprint density at radius 2 is 0.915 bits per heavy atom. The fourth-order valence-corrected chi connectivity index (χ4v) is 6.98. The van der Waals surface area contributed by atoms with Crippen LogP contribution in [0.2, 0.25) is 0 Å². The Morgan fingerprint density at radius 3 is 1.43 bits per heavy atom. The van der Waals surface area contributed by atoms with Crippen molar-refractivity contribution >= 4 is 60.8 Å². The van der Waals surface area contributed by atoms with Gasteiger partial charge in [0.25, 0.3) is 0 Å². The van der Waals surface area contributed by atoms with Crippen LogP contribution < -0.4 is 9.80 Å². The lowest BCUT2D eigenvalue weighted by atomic mass is 9.93. The van der Waals surface area contributed by atoms with Gasteiger partial charge in [0, 0.05) is 33.5 Å². The van der Waals surface area contributed by atoms with Crippen LogP contribution >= 0.6 is 0 Å². The minimum atomic E-state index is 0.537. The predicted molar refractivity (Wildman–Crippen MR) is 203 cm³/mol. The normalized spacial score (nSPS) is 14.4. The molecule has 2 nitrogen and oxygen atoms in total. The fourth-order valence-electron chi connectivity index (χ4n) is 6.98. The molecule has 0 bridgehead atoms. The molecular formula is C45H38N2. The Hall–Kier alpha value is -5.60. The molecule has 0 radical (unpaired) electrons. The Kier molecular flexibility index (Phi) is 7.34. The molecule has 1 unspecified atom stereocenters. The van der Waals surface area contributed by atoms with Gasteiger partial charge in [0.1, 0.15) is 0 Å². The predicted octanol–water partition coefficient (Wildman–Crippen LogP) is 12.9. The summed E-state index contributed by atoms with van der Waals surface area (Å²) in [5.41, 5.74) is 9.53. The van der Waals surface area contributed by atoms with Gasteiger partial charge < -0.3 is 9.80 Å². The van der Waals surface area contributed by atoms with Gasteiger partial charge in [-0.25, -0.2) is 0 Å². The van der Waals surface area contributed by atoms with E-state index in [2.05, 4.69) is 188 Å². The van der Waals surface area contributed by atoms with Gasteiger partial charge in [-0.15, -0.1) is 0 Å². The highest BCUT2D eigenvalue weighted by Gasteiger charge is 2.22. The number of hydrogen-bond donors (Lipinski definition) is 0. The quantitative estimate of drug-likeness (QED) is 0.174. The van der Waals surface area contributed by atoms with E-state index in [0.29, 0.717) is 5.92 Å². The molecule has 0 heterocycles. The molecule has 0 N–H and O–H groups in total. The number of para-hydroxylation sites is 1. The Labute approximate surface area is 277 Å². The minimum absolute atomic E-state index is 0.537. The van der Waals surface area contributed by atoms with Gasteiger partial charge in [-0.05, 0) is 102 Å². The van der Waals surface area contributed by atoms with Crippen molar-refractivity contribution < 1.29 is 0 Å². The number of nitrogens with zero attached hydrogens (tertiary/aromatic N) is 2. The minimum Gasteiger partial charge on any atom is -0.310 e. The number of anilines is 5. The van der Waals surface area contributed by atoms with E-state index >= 15 is 0 Å². The standard InChI is InChI=1S/C45H38N2/c1-31-17-23-35(24-18-31)46(34-11-5-4-6-12-34)44-29-42-39-14-8-10-16-41(39)45(30-43(42)38-13-7-9-15-40(38)44)47(36-25-19-32(2)20-26-36)37-27-21-33(3)22-28-37/h4-21,23-30,33H,22H2,1-3H3. The third-order valence-corrected chi connectivity index (χ3v) is 9.47. The lowest BCUT2D eigenvalue weighted by Gasteiger charge is -2.31. The van der Waals surface area contributed by atoms with Crippen LogP contribution in [0, 0.1) is 19.8 Å². The number of allylic oxidation sites excluding steroid dienone is 3. The molecule has 0 aliphatic heterocycles. The molecule has 7 aromatic carbocycles. The lowest BCUT2D eigenvalue weighted by Crippen LogP contribution is -2.17. The van der Waals surface area contributed by atoms with Crippen molar-refractivity contribution in [2.24, 2.45) is 5.92 Å². The highest BCUT2D eigenvalue weighted by Crippen LogP contribution is 2.47. The Balaban J connectivity index is 1.45. The van der Waals surface area contributed by atoms with Gasteiger partial charge in [0.15, 0.2) is 0 Å². The maximum absolute atomic E-state index is 2.45. The second-order valence-corrected chi connectivity index (χ2v) is 12.9. The van der Waals surface area contributed by atoms with E-state index < -0.39 is 0 Å². The molecule has 7 aromatic rings. The van der Waals surface area contributed by atoms with Crippen molar-refractivity contribution in [3.8, 4) is 0 Å². The smallest absolute Gasteiger partial charge is 0.0546 e. The molecule has 0 amide bonds. The summed E-state index contributed by atoms with van der Waals surface area (Å²) in [5, 5.41) is 7.44. The van der Waals surface area contributed by atoms with Crippen LogP contribution in [-0.2, 0) is 0 Å². The van der Waals surface area contributed by atoms with Gasteiger partial charge in [-0.3, -0.25) is 0 Å². The number of fused-ring (bicyclic) bond motifs is 5. The average Bonchev–Trinajstić information content (AvgIpc) is 3.11. The summed E-state index contributed by atoms with van der Waals surface area (Å²) in [5.74, 6) is 0.537. The van der Waals surface area contributed by atoms with E-state index in [9.17, 15) is 0 Å². The number of aryl methyl sites for hydroxylation is 2. The summed E-state index contributed by atoms with van der Waals surface area (Å²) in [7, 11) is 0. The van der Waals surface area contributed by atoms with E-state index in [-0.39, 0.29) is 0 Å². The average molecular weight is 607 g/mol. The zero-order chi connectivity index (χ0) is 31.9. The second kappa shape index (κ2) is 12.0. The monoisotopic (exact) mass is 606 g/mol. The molecule has 0 saturated heterocycles. The van der Waals surface area contributed by atoms with Crippen LogP contribution in [0.5, 0.6) is 0 Å². The Morgan fingerprint density at radius 1 is 0.468 bits per heavy atom. The van der Waals surface area contributed by atoms with Crippen LogP contribution in [0.4, 0.5) is 28.4 Å². The molecule has 0 aromatic heterocycles. The first-order chi connectivity index (χ1) is 23.0. The molecule has 1 atom stereocenters. The molecule has 0 saturated carbocycles. The van der Waals surface area contributed by atoms with E-state index in [1.54, 1.807) is 0 Å². The second-order valence-electron chi connectivity index (χ2n) is 12.9. The van der Waals surface area contributed by atoms with Crippen molar-refractivity contribution in [2.75, 3.05) is 9.80 Å². The number of rotatable bonds is 6. The maximum Gasteiger partial charge on any atom is 0.0546 e. The summed E-state index contributed by atoms with van der Waals surface area (Å²) in [6.07, 6.45) is 8.06. The molecular weight excluding hydrogens is 569 g/mol. The summed E-state index contributed by atoms with van der Waals surface area (Å²) >= 11 is 0. The van der Waals surface area contributed by atoms with Crippen molar-refractivity contribution in [1.29, 1.82) is 0 Å². The van der Waals surface area contributed by atoms with Gasteiger partial charge >= 0.3 is 0 Å². The van der Waals surface area contributed by atoms with Crippen molar-refractivity contribution in [1.82, 2.24) is 0 Å². The zero-order valence-electron chi connectivity index (χ0n) is 27.2. The van der Waals surface area contributed by atoms with Crippen LogP contribution in [0.3, 0.4) is 0 Å². The number of benzene rings is 7. The first-order valence-corrected chi connectivity index (χ1v) is 16.6. The van der Waals surface area contributed by atoms with Crippen LogP contribution in [0.15, 0.2) is 163 Å². The van der Waals surface area contributed by atoms with Crippen LogP contribution in [0.25, 0.3) is 32.3 Å². The van der Waals surface area contributed by atoms with Crippen molar-refractivity contribution in [3.63, 3.8) is 0 Å². The third kappa shape index (κ3) is 5.26. The summed E-state index contributed by atoms with van der Waals surface area (Å²) < 4.78 is 0. The molecule has 47 heavy (non-hydrogen) atoms. The summed E-state index contributed by atoms with van der Waals surface area (Å²) in [6.45, 7) is 6.58. The molecule has 1 aliphatic rings. The molecule has 0 spiro atoms. The first kappa shape index (κ1) is 28.8. The highest BCUT2D eigenvalue weighted by molar-refractivity contribution is 6.24. The summed E-state index contributed by atoms with van der Waals surface area (Å²) in [6, 6.07) is 51.2. The Bertz CT molecular complexity index is 2290. The highest BCUT2D eigenvalue weighted by atomic mass is 15.2. The van der Waals surface area contributed by atoms with Gasteiger partial charge in [0.2, 0.25) is 0 Å². The first-order valence-electron chi connectivity index (χ1n) is 16.6. The topological polar surface area (TPSA) is 6.48 Å². The van der Waals surface area contributed by atoms with E-state index in [0.717, 1.165) is 17.8 Å². The maximum atomic E-state index is 2.45. The summed E-state index contributed by atoms with van der Waals surface area (Å²) in [4.78, 5) is 4.86. The van der Waals surface area contributed by atoms with Crippen LogP contribution in [-0.4, -0.2) is 0 Å². The van der Waals surface area contributed by atoms with Crippen molar-refractivity contribution in [2.45, 2.75) is 27.2 Å². The fraction of sp³-hybridized carbons (Fsp3) is 0.111. The third-order valence-electron chi connectivity index (χ3n) is 9.47. The lowest BCUT2D eigenvalue weighted by molar-refractivity contribution is 0.728. The molecule has 228 valence electrons. The zero-order valence-corrected chi connectivity index (χ0v) is 27.2. The molecule has 8 rings (SSSR count). The van der Waals surface area contributed by atoms with E-state index in [1.807, 2.05) is 0 Å². The van der Waals surface area contributed by atoms with E-state index in [4.69, 9.17) is 0 Å². The van der Waals surface area contributed by atoms with Gasteiger partial charge in [0.05, 0.1) is 11.4 Å². The van der Waals surface area contributed by atoms with Crippen molar-refractivity contribution in [3.05, 3.63) is 175 Å². The largest absolute Gasteiger partial charge is 0.310 e. The number of hydrogen-bond acceptors (Lipinski definition) is 2. The van der Waals surface area contributed by atoms with E-state index in [1.165, 1.54) is 66.2 Å². The van der Waals surface area contributed by atoms with Crippen LogP contribution in [0.1, 0.15) is 24.5 Å².